The van der Waals surface area contributed by atoms with Gasteiger partial charge in [0.05, 0.1) is 11.1 Å². The van der Waals surface area contributed by atoms with Gasteiger partial charge < -0.3 is 19.7 Å². The Morgan fingerprint density at radius 1 is 0.531 bits per heavy atom. The summed E-state index contributed by atoms with van der Waals surface area (Å²) in [5.41, 5.74) is -2.27. The van der Waals surface area contributed by atoms with Gasteiger partial charge in [-0.15, -0.1) is 26.3 Å². The average molecular weight is 466 g/mol. The van der Waals surface area contributed by atoms with Crippen LogP contribution in [0.4, 0.5) is 35.1 Å². The lowest BCUT2D eigenvalue weighted by atomic mass is 9.96. The van der Waals surface area contributed by atoms with Gasteiger partial charge in [0, 0.05) is 0 Å². The van der Waals surface area contributed by atoms with E-state index in [-0.39, 0.29) is 11.1 Å². The van der Waals surface area contributed by atoms with Gasteiger partial charge in [-0.2, -0.15) is 0 Å². The Morgan fingerprint density at radius 2 is 0.812 bits per heavy atom. The number of rotatable bonds is 4. The fraction of sp³-hybridized carbons (Fsp3) is 0.100. The summed E-state index contributed by atoms with van der Waals surface area (Å²) < 4.78 is 110. The van der Waals surface area contributed by atoms with Crippen molar-refractivity contribution in [2.45, 2.75) is 12.7 Å². The molecule has 0 heterocycles. The summed E-state index contributed by atoms with van der Waals surface area (Å²) in [4.78, 5) is 0. The third kappa shape index (κ3) is 4.95. The molecule has 32 heavy (non-hydrogen) atoms. The first-order valence-corrected chi connectivity index (χ1v) is 8.42. The number of ether oxygens (including phenoxy) is 2. The van der Waals surface area contributed by atoms with Crippen LogP contribution in [0.2, 0.25) is 0 Å². The lowest BCUT2D eigenvalue weighted by Gasteiger charge is -2.15. The van der Waals surface area contributed by atoms with Gasteiger partial charge in [0.1, 0.15) is 11.5 Å². The topological polar surface area (TPSA) is 58.9 Å². The van der Waals surface area contributed by atoms with Crippen LogP contribution in [-0.2, 0) is 0 Å². The van der Waals surface area contributed by atoms with E-state index in [0.717, 1.165) is 48.5 Å². The molecule has 0 saturated carbocycles. The molecular weight excluding hydrogens is 456 g/mol. The predicted octanol–water partition coefficient (Wildman–Crippen LogP) is 6.51. The monoisotopic (exact) mass is 466 g/mol. The predicted molar refractivity (Wildman–Crippen MR) is 93.9 cm³/mol. The first-order chi connectivity index (χ1) is 14.8. The highest BCUT2D eigenvalue weighted by Crippen LogP contribution is 2.46. The number of hydrogen-bond donors (Lipinski definition) is 2. The van der Waals surface area contributed by atoms with Crippen LogP contribution in [0, 0.1) is 11.6 Å². The zero-order chi connectivity index (χ0) is 23.8. The maximum atomic E-state index is 14.8. The maximum absolute atomic E-state index is 14.8. The number of phenolic OH excluding ortho intramolecular Hbond substituents is 2. The zero-order valence-corrected chi connectivity index (χ0v) is 15.4. The molecule has 3 aromatic rings. The van der Waals surface area contributed by atoms with Crippen molar-refractivity contribution < 1.29 is 54.8 Å². The van der Waals surface area contributed by atoms with Gasteiger partial charge >= 0.3 is 12.7 Å². The number of benzene rings is 3. The van der Waals surface area contributed by atoms with E-state index < -0.39 is 58.5 Å². The van der Waals surface area contributed by atoms with Gasteiger partial charge in [-0.25, -0.2) is 8.78 Å². The third-order valence-electron chi connectivity index (χ3n) is 4.08. The molecule has 0 atom stereocenters. The minimum absolute atomic E-state index is 0.288. The van der Waals surface area contributed by atoms with Crippen LogP contribution in [-0.4, -0.2) is 22.9 Å². The van der Waals surface area contributed by atoms with E-state index in [1.165, 1.54) is 0 Å². The molecule has 0 unspecified atom stereocenters. The number of halogens is 8. The molecule has 0 aromatic heterocycles. The van der Waals surface area contributed by atoms with Crippen molar-refractivity contribution in [2.75, 3.05) is 0 Å². The fourth-order valence-electron chi connectivity index (χ4n) is 2.84. The summed E-state index contributed by atoms with van der Waals surface area (Å²) in [7, 11) is 0. The Balaban J connectivity index is 2.01. The number of aromatic hydroxyl groups is 2. The second-order valence-electron chi connectivity index (χ2n) is 6.22. The SMILES string of the molecule is Oc1c(F)c(-c2ccc(OC(F)(F)F)cc2)c(O)c(F)c1-c1ccc(OC(F)(F)F)cc1. The largest absolute Gasteiger partial charge is 0.573 e. The van der Waals surface area contributed by atoms with Crippen LogP contribution in [0.25, 0.3) is 22.3 Å². The van der Waals surface area contributed by atoms with Crippen LogP contribution in [0.1, 0.15) is 0 Å². The van der Waals surface area contributed by atoms with Crippen molar-refractivity contribution in [3.8, 4) is 45.3 Å². The Bertz CT molecular complexity index is 1000. The van der Waals surface area contributed by atoms with Crippen LogP contribution in [0.15, 0.2) is 48.5 Å². The number of alkyl halides is 6. The van der Waals surface area contributed by atoms with Gasteiger partial charge in [0.2, 0.25) is 0 Å². The number of phenols is 2. The molecule has 0 radical (unpaired) electrons. The summed E-state index contributed by atoms with van der Waals surface area (Å²) in [5.74, 6) is -6.92. The molecule has 0 bridgehead atoms. The molecule has 0 saturated heterocycles. The molecule has 0 aliphatic heterocycles. The van der Waals surface area contributed by atoms with Crippen LogP contribution < -0.4 is 9.47 Å². The van der Waals surface area contributed by atoms with E-state index in [0.29, 0.717) is 0 Å². The second kappa shape index (κ2) is 8.09. The Kier molecular flexibility index (Phi) is 5.81. The van der Waals surface area contributed by atoms with Crippen molar-refractivity contribution in [3.05, 3.63) is 60.2 Å². The molecule has 3 rings (SSSR count). The van der Waals surface area contributed by atoms with Gasteiger partial charge in [-0.1, -0.05) is 24.3 Å². The molecule has 0 spiro atoms. The van der Waals surface area contributed by atoms with Gasteiger partial charge in [0.25, 0.3) is 0 Å². The van der Waals surface area contributed by atoms with Gasteiger partial charge in [-0.05, 0) is 35.4 Å². The van der Waals surface area contributed by atoms with E-state index in [1.807, 2.05) is 0 Å². The summed E-state index contributed by atoms with van der Waals surface area (Å²) in [6, 6.07) is 6.69. The Morgan fingerprint density at radius 3 is 1.06 bits per heavy atom. The summed E-state index contributed by atoms with van der Waals surface area (Å²) in [6.45, 7) is 0. The molecule has 3 aromatic carbocycles. The zero-order valence-electron chi connectivity index (χ0n) is 15.4. The van der Waals surface area contributed by atoms with Crippen molar-refractivity contribution in [2.24, 2.45) is 0 Å². The molecule has 4 nitrogen and oxygen atoms in total. The average Bonchev–Trinajstić information content (AvgIpc) is 2.67. The van der Waals surface area contributed by atoms with Crippen molar-refractivity contribution in [1.82, 2.24) is 0 Å². The van der Waals surface area contributed by atoms with Crippen molar-refractivity contribution in [3.63, 3.8) is 0 Å². The highest BCUT2D eigenvalue weighted by molar-refractivity contribution is 5.82. The molecule has 12 heteroatoms. The normalized spacial score (nSPS) is 12.0. The smallest absolute Gasteiger partial charge is 0.504 e. The lowest BCUT2D eigenvalue weighted by molar-refractivity contribution is -0.275. The highest BCUT2D eigenvalue weighted by atomic mass is 19.4. The van der Waals surface area contributed by atoms with Crippen molar-refractivity contribution in [1.29, 1.82) is 0 Å². The minimum Gasteiger partial charge on any atom is -0.504 e. The molecule has 0 amide bonds. The molecular formula is C20H10F8O4. The first-order valence-electron chi connectivity index (χ1n) is 8.42. The van der Waals surface area contributed by atoms with E-state index in [9.17, 15) is 45.3 Å². The van der Waals surface area contributed by atoms with E-state index >= 15 is 0 Å². The van der Waals surface area contributed by atoms with Crippen molar-refractivity contribution >= 4 is 0 Å². The third-order valence-corrected chi connectivity index (χ3v) is 4.08. The number of hydrogen-bond acceptors (Lipinski definition) is 4. The quantitative estimate of drug-likeness (QED) is 0.340. The van der Waals surface area contributed by atoms with Crippen LogP contribution in [0.3, 0.4) is 0 Å². The van der Waals surface area contributed by atoms with E-state index in [4.69, 9.17) is 0 Å². The van der Waals surface area contributed by atoms with Crippen LogP contribution >= 0.6 is 0 Å². The highest BCUT2D eigenvalue weighted by Gasteiger charge is 2.32. The Labute approximate surface area is 173 Å². The first kappa shape index (κ1) is 23.0. The lowest BCUT2D eigenvalue weighted by Crippen LogP contribution is -2.17. The van der Waals surface area contributed by atoms with Gasteiger partial charge in [-0.3, -0.25) is 0 Å². The van der Waals surface area contributed by atoms with Gasteiger partial charge in [0.15, 0.2) is 23.1 Å². The Hall–Kier alpha value is -3.70. The minimum atomic E-state index is -4.98. The van der Waals surface area contributed by atoms with E-state index in [2.05, 4.69) is 9.47 Å². The van der Waals surface area contributed by atoms with E-state index in [1.54, 1.807) is 0 Å². The second-order valence-corrected chi connectivity index (χ2v) is 6.22. The molecule has 0 aliphatic rings. The van der Waals surface area contributed by atoms with Crippen LogP contribution in [0.5, 0.6) is 23.0 Å². The summed E-state index contributed by atoms with van der Waals surface area (Å²) in [5, 5.41) is 20.3. The maximum Gasteiger partial charge on any atom is 0.573 e. The molecule has 170 valence electrons. The summed E-state index contributed by atoms with van der Waals surface area (Å²) in [6.07, 6.45) is -9.97. The molecule has 0 fully saturated rings. The molecule has 2 N–H and O–H groups in total. The summed E-state index contributed by atoms with van der Waals surface area (Å²) >= 11 is 0. The fourth-order valence-corrected chi connectivity index (χ4v) is 2.84. The molecule has 0 aliphatic carbocycles. The standard InChI is InChI=1S/C20H10F8O4/c21-15-13(9-1-5-11(6-2-9)31-19(23,24)25)17(29)16(22)14(18(15)30)10-3-7-12(8-4-10)32-20(26,27)28/h1-8,29-30H.